The zero-order valence-corrected chi connectivity index (χ0v) is 8.53. The van der Waals surface area contributed by atoms with Crippen molar-refractivity contribution in [3.63, 3.8) is 0 Å². The van der Waals surface area contributed by atoms with E-state index in [1.54, 1.807) is 12.1 Å². The van der Waals surface area contributed by atoms with Crippen LogP contribution in [0.15, 0.2) is 18.2 Å². The average Bonchev–Trinajstić information content (AvgIpc) is 2.11. The molecule has 0 amide bonds. The maximum absolute atomic E-state index is 13.3. The number of thiocarbonyl (C=S) groups is 1. The van der Waals surface area contributed by atoms with Gasteiger partial charge in [0.05, 0.1) is 6.61 Å². The Kier molecular flexibility index (Phi) is 3.64. The zero-order valence-electron chi connectivity index (χ0n) is 7.71. The van der Waals surface area contributed by atoms with Gasteiger partial charge in [-0.25, -0.2) is 4.39 Å². The van der Waals surface area contributed by atoms with Crippen LogP contribution in [0.2, 0.25) is 0 Å². The SMILES string of the molecule is CCOc1cccc(F)c1NC(N)=S. The van der Waals surface area contributed by atoms with Gasteiger partial charge in [-0.15, -0.1) is 0 Å². The fourth-order valence-electron chi connectivity index (χ4n) is 1.02. The lowest BCUT2D eigenvalue weighted by atomic mass is 10.3. The largest absolute Gasteiger partial charge is 0.492 e. The number of hydrogen-bond donors (Lipinski definition) is 2. The molecule has 0 saturated carbocycles. The van der Waals surface area contributed by atoms with Crippen LogP contribution in [-0.4, -0.2) is 11.7 Å². The highest BCUT2D eigenvalue weighted by atomic mass is 32.1. The van der Waals surface area contributed by atoms with Crippen LogP contribution in [-0.2, 0) is 0 Å². The Morgan fingerprint density at radius 3 is 2.93 bits per heavy atom. The first-order chi connectivity index (χ1) is 6.65. The van der Waals surface area contributed by atoms with Crippen LogP contribution in [0.3, 0.4) is 0 Å². The Morgan fingerprint density at radius 1 is 1.64 bits per heavy atom. The smallest absolute Gasteiger partial charge is 0.168 e. The Labute approximate surface area is 87.1 Å². The van der Waals surface area contributed by atoms with Crippen molar-refractivity contribution < 1.29 is 9.13 Å². The van der Waals surface area contributed by atoms with Crippen molar-refractivity contribution in [3.05, 3.63) is 24.0 Å². The molecule has 76 valence electrons. The molecule has 0 saturated heterocycles. The number of para-hydroxylation sites is 1. The Balaban J connectivity index is 3.02. The predicted molar refractivity (Wildman–Crippen MR) is 58.0 cm³/mol. The molecule has 3 N–H and O–H groups in total. The Bertz CT molecular complexity index is 344. The molecule has 0 unspecified atom stereocenters. The molecule has 3 nitrogen and oxygen atoms in total. The Morgan fingerprint density at radius 2 is 2.36 bits per heavy atom. The summed E-state index contributed by atoms with van der Waals surface area (Å²) in [5.74, 6) is -0.0379. The Hall–Kier alpha value is -1.36. The molecule has 0 spiro atoms. The quantitative estimate of drug-likeness (QED) is 0.754. The van der Waals surface area contributed by atoms with Crippen LogP contribution in [0.5, 0.6) is 5.75 Å². The van der Waals surface area contributed by atoms with E-state index < -0.39 is 5.82 Å². The van der Waals surface area contributed by atoms with Crippen LogP contribution in [0, 0.1) is 5.82 Å². The first kappa shape index (κ1) is 10.7. The molecule has 0 aliphatic heterocycles. The van der Waals surface area contributed by atoms with Crippen molar-refractivity contribution in [2.24, 2.45) is 5.73 Å². The molecule has 0 fully saturated rings. The standard InChI is InChI=1S/C9H11FN2OS/c1-2-13-7-5-3-4-6(10)8(7)12-9(11)14/h3-5H,2H2,1H3,(H3,11,12,14). The third-order valence-corrected chi connectivity index (χ3v) is 1.63. The van der Waals surface area contributed by atoms with E-state index in [0.29, 0.717) is 12.4 Å². The van der Waals surface area contributed by atoms with Crippen molar-refractivity contribution >= 4 is 23.0 Å². The van der Waals surface area contributed by atoms with Crippen molar-refractivity contribution in [1.82, 2.24) is 0 Å². The second kappa shape index (κ2) is 4.76. The molecule has 1 rings (SSSR count). The first-order valence-corrected chi connectivity index (χ1v) is 4.53. The number of halogens is 1. The second-order valence-electron chi connectivity index (χ2n) is 2.54. The maximum atomic E-state index is 13.3. The van der Waals surface area contributed by atoms with E-state index in [9.17, 15) is 4.39 Å². The number of benzene rings is 1. The summed E-state index contributed by atoms with van der Waals surface area (Å²) in [6.45, 7) is 2.27. The molecule has 0 heterocycles. The van der Waals surface area contributed by atoms with Crippen molar-refractivity contribution in [2.45, 2.75) is 6.92 Å². The summed E-state index contributed by atoms with van der Waals surface area (Å²) in [6, 6.07) is 4.52. The van der Waals surface area contributed by atoms with E-state index in [1.165, 1.54) is 6.07 Å². The molecule has 0 aliphatic rings. The molecule has 0 aromatic heterocycles. The molecule has 0 bridgehead atoms. The summed E-state index contributed by atoms with van der Waals surface area (Å²) in [5.41, 5.74) is 5.44. The minimum absolute atomic E-state index is 0.0102. The lowest BCUT2D eigenvalue weighted by Crippen LogP contribution is -2.20. The average molecular weight is 214 g/mol. The van der Waals surface area contributed by atoms with Gasteiger partial charge in [-0.05, 0) is 31.3 Å². The number of nitrogens with one attached hydrogen (secondary N) is 1. The molecular weight excluding hydrogens is 203 g/mol. The lowest BCUT2D eigenvalue weighted by Gasteiger charge is -2.11. The molecule has 14 heavy (non-hydrogen) atoms. The summed E-state index contributed by atoms with van der Waals surface area (Å²) in [4.78, 5) is 0. The molecule has 0 atom stereocenters. The van der Waals surface area contributed by atoms with E-state index in [-0.39, 0.29) is 10.8 Å². The predicted octanol–water partition coefficient (Wildman–Crippen LogP) is 1.88. The van der Waals surface area contributed by atoms with Crippen molar-refractivity contribution in [1.29, 1.82) is 0 Å². The van der Waals surface area contributed by atoms with Gasteiger partial charge in [0.15, 0.2) is 10.9 Å². The highest BCUT2D eigenvalue weighted by molar-refractivity contribution is 7.80. The van der Waals surface area contributed by atoms with Crippen LogP contribution < -0.4 is 15.8 Å². The summed E-state index contributed by atoms with van der Waals surface area (Å²) in [7, 11) is 0. The van der Waals surface area contributed by atoms with Gasteiger partial charge in [0.25, 0.3) is 0 Å². The minimum atomic E-state index is -0.441. The molecule has 0 aliphatic carbocycles. The summed E-state index contributed by atoms with van der Waals surface area (Å²) < 4.78 is 18.5. The van der Waals surface area contributed by atoms with Gasteiger partial charge in [-0.3, -0.25) is 0 Å². The number of nitrogens with two attached hydrogens (primary N) is 1. The topological polar surface area (TPSA) is 47.3 Å². The van der Waals surface area contributed by atoms with Crippen LogP contribution >= 0.6 is 12.2 Å². The second-order valence-corrected chi connectivity index (χ2v) is 2.98. The van der Waals surface area contributed by atoms with E-state index in [1.807, 2.05) is 6.92 Å². The third-order valence-electron chi connectivity index (χ3n) is 1.52. The van der Waals surface area contributed by atoms with Crippen LogP contribution in [0.4, 0.5) is 10.1 Å². The zero-order chi connectivity index (χ0) is 10.6. The summed E-state index contributed by atoms with van der Waals surface area (Å²) >= 11 is 4.63. The number of anilines is 1. The van der Waals surface area contributed by atoms with E-state index in [0.717, 1.165) is 0 Å². The fraction of sp³-hybridized carbons (Fsp3) is 0.222. The van der Waals surface area contributed by atoms with Gasteiger partial charge in [-0.2, -0.15) is 0 Å². The van der Waals surface area contributed by atoms with Crippen molar-refractivity contribution in [3.8, 4) is 5.75 Å². The van der Waals surface area contributed by atoms with Gasteiger partial charge in [0.2, 0.25) is 0 Å². The first-order valence-electron chi connectivity index (χ1n) is 4.13. The fourth-order valence-corrected chi connectivity index (χ4v) is 1.13. The summed E-state index contributed by atoms with van der Waals surface area (Å²) in [5, 5.41) is 2.55. The lowest BCUT2D eigenvalue weighted by molar-refractivity contribution is 0.340. The highest BCUT2D eigenvalue weighted by Crippen LogP contribution is 2.27. The van der Waals surface area contributed by atoms with Gasteiger partial charge in [0.1, 0.15) is 11.4 Å². The van der Waals surface area contributed by atoms with E-state index in [2.05, 4.69) is 17.5 Å². The molecule has 1 aromatic rings. The van der Waals surface area contributed by atoms with Crippen LogP contribution in [0.25, 0.3) is 0 Å². The third kappa shape index (κ3) is 2.56. The number of ether oxygens (including phenoxy) is 1. The van der Waals surface area contributed by atoms with Gasteiger partial charge < -0.3 is 15.8 Å². The van der Waals surface area contributed by atoms with Gasteiger partial charge in [0, 0.05) is 0 Å². The monoisotopic (exact) mass is 214 g/mol. The number of rotatable bonds is 3. The van der Waals surface area contributed by atoms with E-state index in [4.69, 9.17) is 10.5 Å². The highest BCUT2D eigenvalue weighted by Gasteiger charge is 2.09. The maximum Gasteiger partial charge on any atom is 0.168 e. The normalized spacial score (nSPS) is 9.57. The molecule has 1 aromatic carbocycles. The van der Waals surface area contributed by atoms with E-state index >= 15 is 0 Å². The van der Waals surface area contributed by atoms with Gasteiger partial charge >= 0.3 is 0 Å². The number of hydrogen-bond acceptors (Lipinski definition) is 2. The van der Waals surface area contributed by atoms with Gasteiger partial charge in [-0.1, -0.05) is 6.07 Å². The van der Waals surface area contributed by atoms with Crippen molar-refractivity contribution in [2.75, 3.05) is 11.9 Å². The summed E-state index contributed by atoms with van der Waals surface area (Å²) in [6.07, 6.45) is 0. The minimum Gasteiger partial charge on any atom is -0.492 e. The van der Waals surface area contributed by atoms with Crippen LogP contribution in [0.1, 0.15) is 6.92 Å². The molecule has 0 radical (unpaired) electrons. The molecular formula is C9H11FN2OS. The molecule has 5 heteroatoms.